The molecular formula is C25H22N4O2. The van der Waals surface area contributed by atoms with E-state index in [1.54, 1.807) is 19.2 Å². The molecule has 31 heavy (non-hydrogen) atoms. The summed E-state index contributed by atoms with van der Waals surface area (Å²) in [6.45, 7) is 1.87. The molecule has 0 atom stereocenters. The van der Waals surface area contributed by atoms with Gasteiger partial charge in [-0.3, -0.25) is 14.2 Å². The Hall–Kier alpha value is -4.19. The van der Waals surface area contributed by atoms with Crippen LogP contribution in [0.3, 0.4) is 0 Å². The minimum Gasteiger partial charge on any atom is -0.356 e. The van der Waals surface area contributed by atoms with Crippen molar-refractivity contribution in [2.45, 2.75) is 6.92 Å². The van der Waals surface area contributed by atoms with Crippen LogP contribution in [0.15, 0.2) is 83.7 Å². The second-order valence-corrected chi connectivity index (χ2v) is 7.05. The van der Waals surface area contributed by atoms with Crippen LogP contribution in [0.2, 0.25) is 0 Å². The average molecular weight is 410 g/mol. The summed E-state index contributed by atoms with van der Waals surface area (Å²) in [7, 11) is 1.56. The molecule has 2 N–H and O–H groups in total. The van der Waals surface area contributed by atoms with Crippen LogP contribution in [0.4, 0.5) is 11.5 Å². The van der Waals surface area contributed by atoms with Crippen LogP contribution in [0.1, 0.15) is 11.3 Å². The van der Waals surface area contributed by atoms with Gasteiger partial charge in [0.25, 0.3) is 0 Å². The number of carbonyl (C=O) groups excluding carboxylic acids is 1. The van der Waals surface area contributed by atoms with Crippen LogP contribution in [0.5, 0.6) is 0 Å². The lowest BCUT2D eigenvalue weighted by Crippen LogP contribution is -2.16. The summed E-state index contributed by atoms with van der Waals surface area (Å²) in [6, 6.07) is 22.8. The highest BCUT2D eigenvalue weighted by Crippen LogP contribution is 2.26. The molecule has 2 aromatic heterocycles. The molecule has 2 heterocycles. The Labute approximate surface area is 179 Å². The number of amides is 1. The Kier molecular flexibility index (Phi) is 5.62. The van der Waals surface area contributed by atoms with E-state index in [1.807, 2.05) is 78.2 Å². The first-order valence-corrected chi connectivity index (χ1v) is 9.91. The van der Waals surface area contributed by atoms with Gasteiger partial charge in [-0.05, 0) is 48.9 Å². The number of aromatic nitrogens is 2. The number of benzene rings is 2. The predicted molar refractivity (Wildman–Crippen MR) is 125 cm³/mol. The van der Waals surface area contributed by atoms with Crippen molar-refractivity contribution in [2.75, 3.05) is 12.4 Å². The molecule has 6 heteroatoms. The maximum Gasteiger partial charge on any atom is 0.243 e. The van der Waals surface area contributed by atoms with E-state index in [0.717, 1.165) is 17.1 Å². The smallest absolute Gasteiger partial charge is 0.243 e. The minimum absolute atomic E-state index is 0.176. The minimum atomic E-state index is -0.242. The fraction of sp³-hybridized carbons (Fsp3) is 0.0800. The first-order chi connectivity index (χ1) is 15.1. The first kappa shape index (κ1) is 20.1. The van der Waals surface area contributed by atoms with E-state index >= 15 is 0 Å². The van der Waals surface area contributed by atoms with Crippen molar-refractivity contribution in [3.05, 3.63) is 100 Å². The molecule has 1 amide bonds. The number of para-hydroxylation sites is 2. The first-order valence-electron chi connectivity index (χ1n) is 9.91. The number of rotatable bonds is 5. The number of hydrogen-bond acceptors (Lipinski definition) is 4. The third kappa shape index (κ3) is 4.23. The molecule has 154 valence electrons. The number of likely N-dealkylation sites (N-methyl/N-ethyl adjacent to an activating group) is 1. The molecule has 0 aliphatic heterocycles. The quantitative estimate of drug-likeness (QED) is 0.484. The molecule has 0 spiro atoms. The Morgan fingerprint density at radius 2 is 1.68 bits per heavy atom. The van der Waals surface area contributed by atoms with Crippen molar-refractivity contribution in [3.63, 3.8) is 0 Å². The molecule has 0 saturated heterocycles. The van der Waals surface area contributed by atoms with E-state index in [0.29, 0.717) is 22.4 Å². The zero-order chi connectivity index (χ0) is 21.8. The number of nitrogens with zero attached hydrogens (tertiary/aromatic N) is 2. The van der Waals surface area contributed by atoms with Gasteiger partial charge in [0.2, 0.25) is 5.91 Å². The van der Waals surface area contributed by atoms with Crippen LogP contribution in [-0.2, 0) is 4.79 Å². The number of nitrogens with one attached hydrogen (secondary N) is 2. The summed E-state index contributed by atoms with van der Waals surface area (Å²) >= 11 is 0. The van der Waals surface area contributed by atoms with E-state index in [2.05, 4.69) is 10.6 Å². The van der Waals surface area contributed by atoms with Gasteiger partial charge >= 0.3 is 0 Å². The summed E-state index contributed by atoms with van der Waals surface area (Å²) in [5, 5.41) is 6.35. The SMILES string of the molecule is CNC(=O)C=Cc1cc(C)nc2c1c(=O)cc(Nc1ccccc1)n2-c1ccccc1. The highest BCUT2D eigenvalue weighted by Gasteiger charge is 2.15. The second kappa shape index (κ2) is 8.67. The number of carbonyl (C=O) groups is 1. The van der Waals surface area contributed by atoms with Gasteiger partial charge in [-0.1, -0.05) is 36.4 Å². The molecule has 2 aromatic carbocycles. The Bertz CT molecular complexity index is 1330. The van der Waals surface area contributed by atoms with Crippen LogP contribution in [0.25, 0.3) is 22.8 Å². The van der Waals surface area contributed by atoms with Crippen molar-refractivity contribution >= 4 is 34.5 Å². The molecule has 4 aromatic rings. The Balaban J connectivity index is 2.02. The molecule has 0 aliphatic rings. The molecule has 0 bridgehead atoms. The maximum atomic E-state index is 13.2. The third-order valence-electron chi connectivity index (χ3n) is 4.85. The standard InChI is InChI=1S/C25H22N4O2/c1-17-15-18(13-14-23(31)26-2)24-21(30)16-22(28-19-9-5-3-6-10-19)29(25(24)27-17)20-11-7-4-8-12-20/h3-16,28H,1-2H3,(H,26,31). The normalized spacial score (nSPS) is 11.0. The van der Waals surface area contributed by atoms with Gasteiger partial charge in [-0.25, -0.2) is 4.98 Å². The Morgan fingerprint density at radius 3 is 2.35 bits per heavy atom. The van der Waals surface area contributed by atoms with Crippen LogP contribution < -0.4 is 16.1 Å². The maximum absolute atomic E-state index is 13.2. The van der Waals surface area contributed by atoms with E-state index < -0.39 is 0 Å². The van der Waals surface area contributed by atoms with Gasteiger partial charge in [0.05, 0.1) is 5.39 Å². The summed E-state index contributed by atoms with van der Waals surface area (Å²) in [6.07, 6.45) is 3.06. The highest BCUT2D eigenvalue weighted by atomic mass is 16.1. The zero-order valence-corrected chi connectivity index (χ0v) is 17.3. The van der Waals surface area contributed by atoms with Gasteiger partial charge in [0, 0.05) is 36.3 Å². The molecule has 4 rings (SSSR count). The predicted octanol–water partition coefficient (Wildman–Crippen LogP) is 4.20. The van der Waals surface area contributed by atoms with Crippen LogP contribution >= 0.6 is 0 Å². The van der Waals surface area contributed by atoms with Gasteiger partial charge in [-0.15, -0.1) is 0 Å². The van der Waals surface area contributed by atoms with Crippen LogP contribution in [0, 0.1) is 6.92 Å². The van der Waals surface area contributed by atoms with Crippen molar-refractivity contribution < 1.29 is 4.79 Å². The summed E-state index contributed by atoms with van der Waals surface area (Å²) in [5.74, 6) is 0.364. The summed E-state index contributed by atoms with van der Waals surface area (Å²) < 4.78 is 1.92. The summed E-state index contributed by atoms with van der Waals surface area (Å²) in [4.78, 5) is 29.6. The van der Waals surface area contributed by atoms with Crippen molar-refractivity contribution in [1.29, 1.82) is 0 Å². The van der Waals surface area contributed by atoms with Gasteiger partial charge in [0.15, 0.2) is 11.1 Å². The topological polar surface area (TPSA) is 76.0 Å². The molecule has 6 nitrogen and oxygen atoms in total. The lowest BCUT2D eigenvalue weighted by molar-refractivity contribution is -0.115. The summed E-state index contributed by atoms with van der Waals surface area (Å²) in [5.41, 5.74) is 3.46. The molecule has 0 unspecified atom stereocenters. The number of hydrogen-bond donors (Lipinski definition) is 2. The number of anilines is 2. The number of aryl methyl sites for hydroxylation is 1. The van der Waals surface area contributed by atoms with Crippen LogP contribution in [-0.4, -0.2) is 22.5 Å². The largest absolute Gasteiger partial charge is 0.356 e. The van der Waals surface area contributed by atoms with Crippen molar-refractivity contribution in [3.8, 4) is 5.69 Å². The Morgan fingerprint density at radius 1 is 1.00 bits per heavy atom. The highest BCUT2D eigenvalue weighted by molar-refractivity contribution is 5.95. The molecule has 0 aliphatic carbocycles. The van der Waals surface area contributed by atoms with E-state index in [1.165, 1.54) is 6.08 Å². The zero-order valence-electron chi connectivity index (χ0n) is 17.3. The number of pyridine rings is 2. The third-order valence-corrected chi connectivity index (χ3v) is 4.85. The van der Waals surface area contributed by atoms with E-state index in [-0.39, 0.29) is 11.3 Å². The fourth-order valence-corrected chi connectivity index (χ4v) is 3.45. The lowest BCUT2D eigenvalue weighted by Gasteiger charge is -2.19. The fourth-order valence-electron chi connectivity index (χ4n) is 3.45. The van der Waals surface area contributed by atoms with Gasteiger partial charge < -0.3 is 10.6 Å². The molecule has 0 saturated carbocycles. The number of fused-ring (bicyclic) bond motifs is 1. The molecule has 0 radical (unpaired) electrons. The average Bonchev–Trinajstić information content (AvgIpc) is 2.78. The van der Waals surface area contributed by atoms with Gasteiger partial charge in [0.1, 0.15) is 5.82 Å². The molecule has 0 fully saturated rings. The van der Waals surface area contributed by atoms with Crippen molar-refractivity contribution in [2.24, 2.45) is 0 Å². The molecular weight excluding hydrogens is 388 g/mol. The van der Waals surface area contributed by atoms with E-state index in [4.69, 9.17) is 4.98 Å². The second-order valence-electron chi connectivity index (χ2n) is 7.05. The van der Waals surface area contributed by atoms with Crippen molar-refractivity contribution in [1.82, 2.24) is 14.9 Å². The monoisotopic (exact) mass is 410 g/mol. The lowest BCUT2D eigenvalue weighted by atomic mass is 10.1. The van der Waals surface area contributed by atoms with E-state index in [9.17, 15) is 9.59 Å². The van der Waals surface area contributed by atoms with Gasteiger partial charge in [-0.2, -0.15) is 0 Å².